The number of carbonyl (C=O) groups excluding carboxylic acids is 2. The molecule has 1 amide bonds. The number of amides is 1. The van der Waals surface area contributed by atoms with Crippen molar-refractivity contribution in [3.63, 3.8) is 0 Å². The summed E-state index contributed by atoms with van der Waals surface area (Å²) in [5, 5.41) is 10.4. The van der Waals surface area contributed by atoms with Crippen molar-refractivity contribution in [1.82, 2.24) is 4.90 Å². The van der Waals surface area contributed by atoms with E-state index < -0.39 is 12.1 Å². The molecule has 130 valence electrons. The molecule has 5 nitrogen and oxygen atoms in total. The van der Waals surface area contributed by atoms with E-state index in [2.05, 4.69) is 0 Å². The van der Waals surface area contributed by atoms with Crippen LogP contribution in [0.25, 0.3) is 11.1 Å². The van der Waals surface area contributed by atoms with E-state index in [0.717, 1.165) is 16.7 Å². The highest BCUT2D eigenvalue weighted by Gasteiger charge is 2.24. The van der Waals surface area contributed by atoms with Crippen LogP contribution in [0.1, 0.15) is 28.6 Å². The largest absolute Gasteiger partial charge is 0.448 e. The van der Waals surface area contributed by atoms with Crippen molar-refractivity contribution in [2.24, 2.45) is 0 Å². The first kappa shape index (κ1) is 18.7. The first-order valence-corrected chi connectivity index (χ1v) is 8.79. The average Bonchev–Trinajstić information content (AvgIpc) is 3.09. The number of nitrogens with zero attached hydrogens (tertiary/aromatic N) is 2. The van der Waals surface area contributed by atoms with Crippen LogP contribution in [0.2, 0.25) is 0 Å². The number of hydrogen-bond donors (Lipinski definition) is 0. The van der Waals surface area contributed by atoms with Gasteiger partial charge in [0, 0.05) is 19.2 Å². The van der Waals surface area contributed by atoms with Gasteiger partial charge in [0.15, 0.2) is 6.10 Å². The molecule has 0 spiro atoms. The van der Waals surface area contributed by atoms with Crippen molar-refractivity contribution >= 4 is 23.2 Å². The highest BCUT2D eigenvalue weighted by molar-refractivity contribution is 7.12. The molecule has 0 aliphatic heterocycles. The van der Waals surface area contributed by atoms with Crippen LogP contribution in [0.15, 0.2) is 35.7 Å². The number of thiophene rings is 1. The number of nitriles is 1. The van der Waals surface area contributed by atoms with Crippen LogP contribution in [0, 0.1) is 18.3 Å². The van der Waals surface area contributed by atoms with Gasteiger partial charge in [-0.15, -0.1) is 11.3 Å². The smallest absolute Gasteiger partial charge is 0.349 e. The maximum absolute atomic E-state index is 12.5. The zero-order chi connectivity index (χ0) is 18.4. The lowest BCUT2D eigenvalue weighted by molar-refractivity contribution is -0.138. The Bertz CT molecular complexity index is 790. The molecule has 1 atom stereocenters. The third kappa shape index (κ3) is 4.68. The maximum atomic E-state index is 12.5. The fourth-order valence-corrected chi connectivity index (χ4v) is 3.13. The minimum atomic E-state index is -0.899. The summed E-state index contributed by atoms with van der Waals surface area (Å²) in [6.45, 7) is 3.86. The van der Waals surface area contributed by atoms with E-state index in [-0.39, 0.29) is 12.3 Å². The molecule has 0 aliphatic rings. The number of esters is 1. The second-order valence-electron chi connectivity index (χ2n) is 5.74. The molecule has 2 aromatic rings. The normalized spacial score (nSPS) is 11.4. The molecule has 0 unspecified atom stereocenters. The molecular weight excluding hydrogens is 336 g/mol. The van der Waals surface area contributed by atoms with Crippen LogP contribution in [0.5, 0.6) is 0 Å². The summed E-state index contributed by atoms with van der Waals surface area (Å²) in [7, 11) is 1.59. The monoisotopic (exact) mass is 356 g/mol. The molecular formula is C19H20N2O3S. The van der Waals surface area contributed by atoms with Gasteiger partial charge in [0.2, 0.25) is 0 Å². The van der Waals surface area contributed by atoms with Gasteiger partial charge in [0.05, 0.1) is 12.5 Å². The van der Waals surface area contributed by atoms with Crippen LogP contribution in [-0.2, 0) is 9.53 Å². The lowest BCUT2D eigenvalue weighted by Gasteiger charge is -2.20. The Kier molecular flexibility index (Phi) is 6.31. The van der Waals surface area contributed by atoms with Crippen LogP contribution in [-0.4, -0.2) is 36.5 Å². The zero-order valence-corrected chi connectivity index (χ0v) is 15.3. The second kappa shape index (κ2) is 8.45. The number of aryl methyl sites for hydroxylation is 1. The summed E-state index contributed by atoms with van der Waals surface area (Å²) >= 11 is 1.29. The summed E-state index contributed by atoms with van der Waals surface area (Å²) < 4.78 is 5.34. The van der Waals surface area contributed by atoms with Gasteiger partial charge in [-0.1, -0.05) is 29.8 Å². The molecule has 1 heterocycles. The van der Waals surface area contributed by atoms with Crippen molar-refractivity contribution in [1.29, 1.82) is 5.26 Å². The Morgan fingerprint density at radius 3 is 2.60 bits per heavy atom. The van der Waals surface area contributed by atoms with Crippen LogP contribution in [0.3, 0.4) is 0 Å². The highest BCUT2D eigenvalue weighted by atomic mass is 32.1. The van der Waals surface area contributed by atoms with Crippen molar-refractivity contribution in [3.05, 3.63) is 46.2 Å². The second-order valence-corrected chi connectivity index (χ2v) is 6.66. The van der Waals surface area contributed by atoms with Gasteiger partial charge in [-0.05, 0) is 30.9 Å². The van der Waals surface area contributed by atoms with E-state index in [4.69, 9.17) is 10.00 Å². The van der Waals surface area contributed by atoms with Crippen molar-refractivity contribution in [2.75, 3.05) is 13.6 Å². The molecule has 0 radical (unpaired) electrons. The van der Waals surface area contributed by atoms with E-state index in [0.29, 0.717) is 11.4 Å². The standard InChI is InChI=1S/C19H20N2O3S/c1-13-5-7-15(8-6-13)16-9-12-25-17(16)19(23)24-14(2)18(22)21(3)11-4-10-20/h5-9,12,14H,4,11H2,1-3H3/t14-/m0/s1. The zero-order valence-electron chi connectivity index (χ0n) is 14.5. The fourth-order valence-electron chi connectivity index (χ4n) is 2.33. The topological polar surface area (TPSA) is 70.4 Å². The van der Waals surface area contributed by atoms with Gasteiger partial charge in [-0.25, -0.2) is 4.79 Å². The summed E-state index contributed by atoms with van der Waals surface area (Å²) in [6, 6.07) is 11.7. The summed E-state index contributed by atoms with van der Waals surface area (Å²) in [6.07, 6.45) is -0.657. The van der Waals surface area contributed by atoms with E-state index >= 15 is 0 Å². The summed E-state index contributed by atoms with van der Waals surface area (Å²) in [4.78, 5) is 26.5. The number of ether oxygens (including phenoxy) is 1. The Labute approximate surface area is 151 Å². The Hall–Kier alpha value is -2.65. The first-order chi connectivity index (χ1) is 11.9. The van der Waals surface area contributed by atoms with Gasteiger partial charge in [0.25, 0.3) is 5.91 Å². The number of hydrogen-bond acceptors (Lipinski definition) is 5. The molecule has 0 fully saturated rings. The molecule has 2 rings (SSSR count). The summed E-state index contributed by atoms with van der Waals surface area (Å²) in [5.41, 5.74) is 2.87. The average molecular weight is 356 g/mol. The van der Waals surface area contributed by atoms with Gasteiger partial charge in [0.1, 0.15) is 4.88 Å². The highest BCUT2D eigenvalue weighted by Crippen LogP contribution is 2.29. The molecule has 0 saturated heterocycles. The molecule has 1 aromatic carbocycles. The Morgan fingerprint density at radius 1 is 1.28 bits per heavy atom. The number of rotatable bonds is 6. The van der Waals surface area contributed by atoms with E-state index in [1.807, 2.05) is 48.7 Å². The van der Waals surface area contributed by atoms with Crippen LogP contribution >= 0.6 is 11.3 Å². The minimum absolute atomic E-state index is 0.241. The van der Waals surface area contributed by atoms with Crippen molar-refractivity contribution < 1.29 is 14.3 Å². The third-order valence-corrected chi connectivity index (χ3v) is 4.67. The lowest BCUT2D eigenvalue weighted by atomic mass is 10.1. The maximum Gasteiger partial charge on any atom is 0.349 e. The predicted molar refractivity (Wildman–Crippen MR) is 97.2 cm³/mol. The quantitative estimate of drug-likeness (QED) is 0.741. The minimum Gasteiger partial charge on any atom is -0.448 e. The molecule has 0 saturated carbocycles. The molecule has 1 aromatic heterocycles. The first-order valence-electron chi connectivity index (χ1n) is 7.91. The van der Waals surface area contributed by atoms with Gasteiger partial charge in [-0.3, -0.25) is 4.79 Å². The summed E-state index contributed by atoms with van der Waals surface area (Å²) in [5.74, 6) is -0.836. The third-order valence-electron chi connectivity index (χ3n) is 3.78. The van der Waals surface area contributed by atoms with Crippen LogP contribution in [0.4, 0.5) is 0 Å². The van der Waals surface area contributed by atoms with E-state index in [9.17, 15) is 9.59 Å². The predicted octanol–water partition coefficient (Wildman–Crippen LogP) is 3.64. The fraction of sp³-hybridized carbons (Fsp3) is 0.316. The molecule has 0 N–H and O–H groups in total. The number of carbonyl (C=O) groups is 2. The molecule has 0 aliphatic carbocycles. The van der Waals surface area contributed by atoms with Gasteiger partial charge in [-0.2, -0.15) is 5.26 Å². The number of likely N-dealkylation sites (N-methyl/N-ethyl adjacent to an activating group) is 1. The lowest BCUT2D eigenvalue weighted by Crippen LogP contribution is -2.37. The Morgan fingerprint density at radius 2 is 1.96 bits per heavy atom. The van der Waals surface area contributed by atoms with Gasteiger partial charge >= 0.3 is 5.97 Å². The van der Waals surface area contributed by atoms with E-state index in [1.165, 1.54) is 16.2 Å². The molecule has 25 heavy (non-hydrogen) atoms. The molecule has 0 bridgehead atoms. The van der Waals surface area contributed by atoms with Crippen LogP contribution < -0.4 is 0 Å². The number of benzene rings is 1. The SMILES string of the molecule is Cc1ccc(-c2ccsc2C(=O)O[C@@H](C)C(=O)N(C)CCC#N)cc1. The van der Waals surface area contributed by atoms with Crippen molar-refractivity contribution in [3.8, 4) is 17.2 Å². The van der Waals surface area contributed by atoms with E-state index in [1.54, 1.807) is 14.0 Å². The van der Waals surface area contributed by atoms with Crippen molar-refractivity contribution in [2.45, 2.75) is 26.4 Å². The molecule has 6 heteroatoms. The Balaban J connectivity index is 2.09. The van der Waals surface area contributed by atoms with Gasteiger partial charge < -0.3 is 9.64 Å².